The monoisotopic (exact) mass is 355 g/mol. The van der Waals surface area contributed by atoms with E-state index in [1.54, 1.807) is 19.9 Å². The van der Waals surface area contributed by atoms with E-state index in [-0.39, 0.29) is 23.2 Å². The number of benzene rings is 1. The first-order chi connectivity index (χ1) is 11.3. The maximum absolute atomic E-state index is 13.4. The Hall–Kier alpha value is -2.42. The van der Waals surface area contributed by atoms with Crippen LogP contribution in [0.15, 0.2) is 28.8 Å². The molecule has 0 aliphatic heterocycles. The summed E-state index contributed by atoms with van der Waals surface area (Å²) in [7, 11) is 0. The summed E-state index contributed by atoms with van der Waals surface area (Å²) in [5.74, 6) is -1.53. The van der Waals surface area contributed by atoms with Crippen LogP contribution in [0.2, 0.25) is 0 Å². The first kappa shape index (κ1) is 17.9. The fraction of sp³-hybridized carbons (Fsp3) is 0.267. The Kier molecular flexibility index (Phi) is 5.91. The number of nitrogens with one attached hydrogen (secondary N) is 2. The lowest BCUT2D eigenvalue weighted by Gasteiger charge is -2.11. The van der Waals surface area contributed by atoms with E-state index in [1.807, 2.05) is 0 Å². The second kappa shape index (κ2) is 7.91. The smallest absolute Gasteiger partial charge is 0.238 e. The minimum Gasteiger partial charge on any atom is -0.360 e. The van der Waals surface area contributed by atoms with Gasteiger partial charge in [0.05, 0.1) is 16.7 Å². The molecule has 2 amide bonds. The molecular formula is C15H15F2N3O3S. The molecule has 9 heteroatoms. The van der Waals surface area contributed by atoms with Crippen LogP contribution in [0.4, 0.5) is 20.3 Å². The van der Waals surface area contributed by atoms with Crippen LogP contribution in [0.25, 0.3) is 0 Å². The van der Waals surface area contributed by atoms with Crippen molar-refractivity contribution in [3.8, 4) is 0 Å². The molecule has 0 fully saturated rings. The summed E-state index contributed by atoms with van der Waals surface area (Å²) in [6, 6.07) is 4.33. The van der Waals surface area contributed by atoms with E-state index in [4.69, 9.17) is 4.52 Å². The van der Waals surface area contributed by atoms with E-state index in [1.165, 1.54) is 0 Å². The third-order valence-corrected chi connectivity index (χ3v) is 4.06. The summed E-state index contributed by atoms with van der Waals surface area (Å²) < 4.78 is 31.3. The van der Waals surface area contributed by atoms with Crippen molar-refractivity contribution in [3.63, 3.8) is 0 Å². The van der Waals surface area contributed by atoms with Crippen molar-refractivity contribution in [2.45, 2.75) is 19.1 Å². The molecule has 2 rings (SSSR count). The second-order valence-electron chi connectivity index (χ2n) is 4.94. The number of nitrogens with zero attached hydrogens (tertiary/aromatic N) is 1. The lowest BCUT2D eigenvalue weighted by Crippen LogP contribution is -2.25. The van der Waals surface area contributed by atoms with Gasteiger partial charge in [-0.1, -0.05) is 5.16 Å². The van der Waals surface area contributed by atoms with Crippen molar-refractivity contribution in [2.24, 2.45) is 0 Å². The number of carbonyl (C=O) groups excluding carboxylic acids is 2. The Labute approximate surface area is 141 Å². The van der Waals surface area contributed by atoms with Crippen LogP contribution in [-0.4, -0.2) is 28.0 Å². The molecule has 1 heterocycles. The van der Waals surface area contributed by atoms with Crippen molar-refractivity contribution in [1.29, 1.82) is 0 Å². The molecule has 0 aliphatic carbocycles. The molecule has 1 unspecified atom stereocenters. The maximum atomic E-state index is 13.4. The van der Waals surface area contributed by atoms with Gasteiger partial charge in [-0.25, -0.2) is 8.78 Å². The number of thioether (sulfide) groups is 1. The van der Waals surface area contributed by atoms with E-state index in [0.29, 0.717) is 5.76 Å². The van der Waals surface area contributed by atoms with E-state index in [9.17, 15) is 18.4 Å². The van der Waals surface area contributed by atoms with Gasteiger partial charge in [0.1, 0.15) is 17.4 Å². The van der Waals surface area contributed by atoms with Crippen LogP contribution in [0, 0.1) is 18.6 Å². The van der Waals surface area contributed by atoms with Gasteiger partial charge < -0.3 is 15.2 Å². The summed E-state index contributed by atoms with van der Waals surface area (Å²) in [5.41, 5.74) is -0.240. The molecule has 0 saturated heterocycles. The molecule has 24 heavy (non-hydrogen) atoms. The summed E-state index contributed by atoms with van der Waals surface area (Å²) in [6.45, 7) is 3.31. The molecule has 0 saturated carbocycles. The highest BCUT2D eigenvalue weighted by Gasteiger charge is 2.17. The van der Waals surface area contributed by atoms with E-state index >= 15 is 0 Å². The van der Waals surface area contributed by atoms with Crippen LogP contribution >= 0.6 is 11.8 Å². The number of rotatable bonds is 6. The average Bonchev–Trinajstić information content (AvgIpc) is 2.93. The van der Waals surface area contributed by atoms with Gasteiger partial charge in [-0.3, -0.25) is 9.59 Å². The Morgan fingerprint density at radius 3 is 2.71 bits per heavy atom. The van der Waals surface area contributed by atoms with Crippen molar-refractivity contribution >= 4 is 35.1 Å². The Balaban J connectivity index is 1.82. The van der Waals surface area contributed by atoms with E-state index in [0.717, 1.165) is 30.0 Å². The van der Waals surface area contributed by atoms with Crippen LogP contribution in [0.1, 0.15) is 12.7 Å². The highest BCUT2D eigenvalue weighted by Crippen LogP contribution is 2.18. The summed E-state index contributed by atoms with van der Waals surface area (Å²) in [5, 5.41) is 7.89. The zero-order valence-electron chi connectivity index (χ0n) is 12.9. The zero-order chi connectivity index (χ0) is 17.7. The number of aryl methyl sites for hydroxylation is 1. The lowest BCUT2D eigenvalue weighted by atomic mass is 10.3. The predicted molar refractivity (Wildman–Crippen MR) is 86.8 cm³/mol. The highest BCUT2D eigenvalue weighted by molar-refractivity contribution is 8.01. The number of anilines is 2. The number of hydrogen-bond acceptors (Lipinski definition) is 5. The third-order valence-electron chi connectivity index (χ3n) is 2.92. The van der Waals surface area contributed by atoms with Gasteiger partial charge in [0.2, 0.25) is 11.8 Å². The first-order valence-electron chi connectivity index (χ1n) is 6.96. The Morgan fingerprint density at radius 2 is 2.04 bits per heavy atom. The van der Waals surface area contributed by atoms with Gasteiger partial charge in [0, 0.05) is 12.1 Å². The Bertz CT molecular complexity index is 751. The number of hydrogen-bond donors (Lipinski definition) is 2. The van der Waals surface area contributed by atoms with Gasteiger partial charge in [-0.15, -0.1) is 11.8 Å². The molecule has 0 bridgehead atoms. The number of carbonyl (C=O) groups is 2. The molecule has 1 aromatic carbocycles. The minimum absolute atomic E-state index is 0.0949. The summed E-state index contributed by atoms with van der Waals surface area (Å²) in [4.78, 5) is 23.7. The van der Waals surface area contributed by atoms with Crippen LogP contribution in [0.3, 0.4) is 0 Å². The van der Waals surface area contributed by atoms with Gasteiger partial charge in [-0.2, -0.15) is 0 Å². The fourth-order valence-electron chi connectivity index (χ4n) is 1.71. The fourth-order valence-corrected chi connectivity index (χ4v) is 2.39. The van der Waals surface area contributed by atoms with Gasteiger partial charge in [-0.05, 0) is 26.0 Å². The van der Waals surface area contributed by atoms with Crippen LogP contribution in [0.5, 0.6) is 0 Å². The summed E-state index contributed by atoms with van der Waals surface area (Å²) >= 11 is 1.05. The molecule has 128 valence electrons. The molecular weight excluding hydrogens is 340 g/mol. The van der Waals surface area contributed by atoms with Gasteiger partial charge in [0.25, 0.3) is 0 Å². The Morgan fingerprint density at radius 1 is 1.29 bits per heavy atom. The van der Waals surface area contributed by atoms with Crippen molar-refractivity contribution < 1.29 is 22.9 Å². The predicted octanol–water partition coefficient (Wildman–Crippen LogP) is 2.96. The van der Waals surface area contributed by atoms with E-state index < -0.39 is 22.8 Å². The zero-order valence-corrected chi connectivity index (χ0v) is 13.7. The highest BCUT2D eigenvalue weighted by atomic mass is 32.2. The molecule has 2 aromatic rings. The quantitative estimate of drug-likeness (QED) is 0.832. The summed E-state index contributed by atoms with van der Waals surface area (Å²) in [6.07, 6.45) is 0. The molecule has 2 N–H and O–H groups in total. The minimum atomic E-state index is -0.734. The largest absolute Gasteiger partial charge is 0.360 e. The van der Waals surface area contributed by atoms with Crippen molar-refractivity contribution in [3.05, 3.63) is 41.7 Å². The molecule has 0 radical (unpaired) electrons. The molecule has 1 aromatic heterocycles. The topological polar surface area (TPSA) is 84.2 Å². The first-order valence-corrected chi connectivity index (χ1v) is 8.00. The molecule has 0 spiro atoms. The second-order valence-corrected chi connectivity index (χ2v) is 6.27. The number of amides is 2. The van der Waals surface area contributed by atoms with Crippen LogP contribution < -0.4 is 10.6 Å². The molecule has 0 aliphatic rings. The van der Waals surface area contributed by atoms with Crippen LogP contribution in [-0.2, 0) is 9.59 Å². The SMILES string of the molecule is Cc1cc(NC(=O)C(C)SCC(=O)Nc2cc(F)ccc2F)no1. The average molecular weight is 355 g/mol. The maximum Gasteiger partial charge on any atom is 0.238 e. The van der Waals surface area contributed by atoms with E-state index in [2.05, 4.69) is 15.8 Å². The lowest BCUT2D eigenvalue weighted by molar-refractivity contribution is -0.115. The van der Waals surface area contributed by atoms with Gasteiger partial charge in [0.15, 0.2) is 5.82 Å². The molecule has 1 atom stereocenters. The van der Waals surface area contributed by atoms with Gasteiger partial charge >= 0.3 is 0 Å². The normalized spacial score (nSPS) is 11.8. The number of aromatic nitrogens is 1. The van der Waals surface area contributed by atoms with Crippen molar-refractivity contribution in [2.75, 3.05) is 16.4 Å². The number of halogens is 2. The third kappa shape index (κ3) is 5.05. The standard InChI is InChI=1S/C15H15F2N3O3S/c1-8-5-13(20-23-8)19-15(22)9(2)24-7-14(21)18-12-6-10(16)3-4-11(12)17/h3-6,9H,7H2,1-2H3,(H,18,21)(H,19,20,22). The molecule has 6 nitrogen and oxygen atoms in total. The van der Waals surface area contributed by atoms with Crippen molar-refractivity contribution in [1.82, 2.24) is 5.16 Å².